The summed E-state index contributed by atoms with van der Waals surface area (Å²) in [4.78, 5) is 4.18. The number of aromatic nitrogens is 1. The predicted octanol–water partition coefficient (Wildman–Crippen LogP) is 0.641. The number of rotatable bonds is 0. The highest BCUT2D eigenvalue weighted by Crippen LogP contribution is 2.08. The molecular formula is C12H9NSi. The van der Waals surface area contributed by atoms with E-state index < -0.39 is 0 Å². The summed E-state index contributed by atoms with van der Waals surface area (Å²) >= 11 is 0. The van der Waals surface area contributed by atoms with Crippen LogP contribution >= 0.6 is 0 Å². The lowest BCUT2D eigenvalue weighted by Crippen LogP contribution is -2.37. The van der Waals surface area contributed by atoms with Gasteiger partial charge in [0.1, 0.15) is 9.52 Å². The Morgan fingerprint density at radius 2 is 1.86 bits per heavy atom. The van der Waals surface area contributed by atoms with Crippen LogP contribution in [0.25, 0.3) is 0 Å². The molecule has 1 aromatic carbocycles. The van der Waals surface area contributed by atoms with Crippen LogP contribution in [-0.4, -0.2) is 14.5 Å². The molecule has 1 aliphatic heterocycles. The van der Waals surface area contributed by atoms with Crippen molar-refractivity contribution in [3.63, 3.8) is 0 Å². The minimum absolute atomic E-state index is 0.804. The SMILES string of the molecule is c1ccc2c(c1)Cc1cnccc1[Si]2. The minimum atomic E-state index is 0.804. The van der Waals surface area contributed by atoms with Crippen LogP contribution in [0, 0.1) is 0 Å². The van der Waals surface area contributed by atoms with Crippen molar-refractivity contribution in [1.29, 1.82) is 0 Å². The van der Waals surface area contributed by atoms with Crippen LogP contribution in [0.3, 0.4) is 0 Å². The lowest BCUT2D eigenvalue weighted by molar-refractivity contribution is 1.16. The summed E-state index contributed by atoms with van der Waals surface area (Å²) < 4.78 is 0. The summed E-state index contributed by atoms with van der Waals surface area (Å²) in [6.45, 7) is 0. The summed E-state index contributed by atoms with van der Waals surface area (Å²) in [6, 6.07) is 10.8. The first-order chi connectivity index (χ1) is 6.93. The molecule has 0 spiro atoms. The molecule has 2 heterocycles. The quantitative estimate of drug-likeness (QED) is 0.480. The predicted molar refractivity (Wildman–Crippen MR) is 58.5 cm³/mol. The van der Waals surface area contributed by atoms with E-state index in [0.717, 1.165) is 15.9 Å². The molecule has 1 aliphatic rings. The van der Waals surface area contributed by atoms with E-state index in [4.69, 9.17) is 0 Å². The van der Waals surface area contributed by atoms with Crippen LogP contribution in [0.4, 0.5) is 0 Å². The first-order valence-corrected chi connectivity index (χ1v) is 5.71. The van der Waals surface area contributed by atoms with Gasteiger partial charge in [-0.15, -0.1) is 0 Å². The molecule has 0 aliphatic carbocycles. The van der Waals surface area contributed by atoms with Gasteiger partial charge in [-0.1, -0.05) is 34.6 Å². The number of hydrogen-bond donors (Lipinski definition) is 0. The molecule has 0 saturated heterocycles. The van der Waals surface area contributed by atoms with Gasteiger partial charge in [-0.05, 0) is 23.6 Å². The number of benzene rings is 1. The number of nitrogens with zero attached hydrogens (tertiary/aromatic N) is 1. The molecule has 0 fully saturated rings. The van der Waals surface area contributed by atoms with Gasteiger partial charge in [0.05, 0.1) is 0 Å². The fourth-order valence-electron chi connectivity index (χ4n) is 1.84. The highest BCUT2D eigenvalue weighted by molar-refractivity contribution is 6.68. The monoisotopic (exact) mass is 195 g/mol. The second-order valence-corrected chi connectivity index (χ2v) is 4.82. The van der Waals surface area contributed by atoms with E-state index in [1.807, 2.05) is 12.4 Å². The highest BCUT2D eigenvalue weighted by Gasteiger charge is 2.14. The first kappa shape index (κ1) is 7.94. The molecule has 0 amide bonds. The Kier molecular flexibility index (Phi) is 1.74. The Morgan fingerprint density at radius 1 is 1.00 bits per heavy atom. The second kappa shape index (κ2) is 3.06. The molecule has 2 aromatic rings. The molecule has 0 unspecified atom stereocenters. The molecule has 1 nitrogen and oxygen atoms in total. The van der Waals surface area contributed by atoms with Gasteiger partial charge in [-0.2, -0.15) is 0 Å². The largest absolute Gasteiger partial charge is 0.264 e. The summed E-state index contributed by atoms with van der Waals surface area (Å²) in [5.74, 6) is 0. The van der Waals surface area contributed by atoms with E-state index in [1.54, 1.807) is 0 Å². The fourth-order valence-corrected chi connectivity index (χ4v) is 3.11. The third kappa shape index (κ3) is 1.19. The summed E-state index contributed by atoms with van der Waals surface area (Å²) in [5.41, 5.74) is 2.86. The van der Waals surface area contributed by atoms with Crippen molar-refractivity contribution in [2.24, 2.45) is 0 Å². The van der Waals surface area contributed by atoms with Crippen molar-refractivity contribution >= 4 is 19.9 Å². The molecule has 0 bridgehead atoms. The van der Waals surface area contributed by atoms with Gasteiger partial charge in [0, 0.05) is 12.4 Å². The van der Waals surface area contributed by atoms with Crippen LogP contribution in [0.15, 0.2) is 42.7 Å². The molecule has 1 aromatic heterocycles. The fraction of sp³-hybridized carbons (Fsp3) is 0.0833. The van der Waals surface area contributed by atoms with E-state index in [2.05, 4.69) is 35.3 Å². The van der Waals surface area contributed by atoms with E-state index in [-0.39, 0.29) is 0 Å². The normalized spacial score (nSPS) is 13.1. The highest BCUT2D eigenvalue weighted by atomic mass is 28.2. The molecule has 2 heteroatoms. The van der Waals surface area contributed by atoms with Crippen LogP contribution < -0.4 is 10.4 Å². The number of pyridine rings is 1. The van der Waals surface area contributed by atoms with Gasteiger partial charge in [0.2, 0.25) is 0 Å². The van der Waals surface area contributed by atoms with E-state index in [0.29, 0.717) is 0 Å². The molecular weight excluding hydrogens is 186 g/mol. The van der Waals surface area contributed by atoms with Gasteiger partial charge >= 0.3 is 0 Å². The Hall–Kier alpha value is -1.41. The Bertz CT molecular complexity index is 392. The van der Waals surface area contributed by atoms with E-state index in [9.17, 15) is 0 Å². The van der Waals surface area contributed by atoms with Crippen molar-refractivity contribution in [2.45, 2.75) is 6.42 Å². The van der Waals surface area contributed by atoms with Crippen molar-refractivity contribution in [2.75, 3.05) is 0 Å². The van der Waals surface area contributed by atoms with Gasteiger partial charge in [0.15, 0.2) is 0 Å². The third-order valence-corrected chi connectivity index (χ3v) is 4.09. The first-order valence-electron chi connectivity index (χ1n) is 4.71. The van der Waals surface area contributed by atoms with E-state index in [1.165, 1.54) is 21.5 Å². The maximum Gasteiger partial charge on any atom is 0.122 e. The number of hydrogen-bond acceptors (Lipinski definition) is 1. The van der Waals surface area contributed by atoms with Gasteiger partial charge in [-0.25, -0.2) is 0 Å². The van der Waals surface area contributed by atoms with Gasteiger partial charge in [-0.3, -0.25) is 4.98 Å². The molecule has 0 atom stereocenters. The molecule has 66 valence electrons. The summed E-state index contributed by atoms with van der Waals surface area (Å²) in [7, 11) is 0.804. The molecule has 3 rings (SSSR count). The zero-order valence-corrected chi connectivity index (χ0v) is 8.70. The van der Waals surface area contributed by atoms with Crippen molar-refractivity contribution in [3.8, 4) is 0 Å². The minimum Gasteiger partial charge on any atom is -0.264 e. The Morgan fingerprint density at radius 3 is 2.86 bits per heavy atom. The lowest BCUT2D eigenvalue weighted by Gasteiger charge is -2.17. The lowest BCUT2D eigenvalue weighted by atomic mass is 10.1. The van der Waals surface area contributed by atoms with Crippen molar-refractivity contribution in [1.82, 2.24) is 4.98 Å². The molecule has 0 saturated carbocycles. The molecule has 0 N–H and O–H groups in total. The Labute approximate surface area is 85.6 Å². The van der Waals surface area contributed by atoms with Crippen LogP contribution in [0.2, 0.25) is 0 Å². The van der Waals surface area contributed by atoms with Gasteiger partial charge in [0.25, 0.3) is 0 Å². The van der Waals surface area contributed by atoms with Crippen molar-refractivity contribution in [3.05, 3.63) is 53.9 Å². The average Bonchev–Trinajstić information content (AvgIpc) is 2.26. The smallest absolute Gasteiger partial charge is 0.122 e. The zero-order chi connectivity index (χ0) is 9.38. The van der Waals surface area contributed by atoms with Crippen LogP contribution in [-0.2, 0) is 6.42 Å². The van der Waals surface area contributed by atoms with Crippen molar-refractivity contribution < 1.29 is 0 Å². The summed E-state index contributed by atoms with van der Waals surface area (Å²) in [6.07, 6.45) is 4.93. The Balaban J connectivity index is 2.12. The second-order valence-electron chi connectivity index (χ2n) is 3.49. The van der Waals surface area contributed by atoms with E-state index >= 15 is 0 Å². The maximum atomic E-state index is 4.18. The van der Waals surface area contributed by atoms with Gasteiger partial charge < -0.3 is 0 Å². The molecule has 14 heavy (non-hydrogen) atoms. The summed E-state index contributed by atoms with van der Waals surface area (Å²) in [5, 5.41) is 2.95. The molecule has 2 radical (unpaired) electrons. The maximum absolute atomic E-state index is 4.18. The topological polar surface area (TPSA) is 12.9 Å². The van der Waals surface area contributed by atoms with Crippen LogP contribution in [0.5, 0.6) is 0 Å². The van der Waals surface area contributed by atoms with Crippen LogP contribution in [0.1, 0.15) is 11.1 Å². The number of fused-ring (bicyclic) bond motifs is 2. The zero-order valence-electron chi connectivity index (χ0n) is 7.70. The standard InChI is InChI=1S/C12H9NSi/c1-2-4-11-9(3-1)7-10-8-13-6-5-12(10)14-11/h1-6,8H,7H2. The third-order valence-electron chi connectivity index (χ3n) is 2.57. The average molecular weight is 195 g/mol.